The van der Waals surface area contributed by atoms with Crippen molar-refractivity contribution < 1.29 is 9.31 Å². The predicted molar refractivity (Wildman–Crippen MR) is 88.3 cm³/mol. The molecule has 2 heterocycles. The second kappa shape index (κ2) is 5.09. The van der Waals surface area contributed by atoms with Crippen LogP contribution in [0.4, 0.5) is 0 Å². The summed E-state index contributed by atoms with van der Waals surface area (Å²) in [6, 6.07) is 7.69. The highest BCUT2D eigenvalue weighted by Gasteiger charge is 2.52. The van der Waals surface area contributed by atoms with Gasteiger partial charge in [0.2, 0.25) is 0 Å². The van der Waals surface area contributed by atoms with Gasteiger partial charge in [-0.25, -0.2) is 4.98 Å². The van der Waals surface area contributed by atoms with Crippen LogP contribution in [0.5, 0.6) is 0 Å². The van der Waals surface area contributed by atoms with E-state index in [9.17, 15) is 0 Å². The van der Waals surface area contributed by atoms with Crippen molar-refractivity contribution in [1.29, 1.82) is 0 Å². The summed E-state index contributed by atoms with van der Waals surface area (Å²) >= 11 is 7.60. The first kappa shape index (κ1) is 15.0. The molecular formula is C15H17BClNO2S. The van der Waals surface area contributed by atoms with E-state index in [1.54, 1.807) is 11.3 Å². The number of rotatable bonds is 2. The van der Waals surface area contributed by atoms with Crippen LogP contribution in [0.2, 0.25) is 5.02 Å². The van der Waals surface area contributed by atoms with Crippen molar-refractivity contribution in [3.63, 3.8) is 0 Å². The van der Waals surface area contributed by atoms with Crippen LogP contribution in [-0.4, -0.2) is 23.3 Å². The Balaban J connectivity index is 1.87. The van der Waals surface area contributed by atoms with Gasteiger partial charge in [0.25, 0.3) is 0 Å². The van der Waals surface area contributed by atoms with Gasteiger partial charge in [-0.1, -0.05) is 23.7 Å². The number of hydrogen-bond acceptors (Lipinski definition) is 4. The molecular weight excluding hydrogens is 305 g/mol. The van der Waals surface area contributed by atoms with Gasteiger partial charge in [0.15, 0.2) is 0 Å². The minimum Gasteiger partial charge on any atom is -0.398 e. The van der Waals surface area contributed by atoms with E-state index in [0.29, 0.717) is 5.02 Å². The fourth-order valence-electron chi connectivity index (χ4n) is 2.11. The lowest BCUT2D eigenvalue weighted by Gasteiger charge is -2.32. The van der Waals surface area contributed by atoms with Crippen LogP contribution < -0.4 is 5.59 Å². The lowest BCUT2D eigenvalue weighted by atomic mass is 9.86. The van der Waals surface area contributed by atoms with Crippen LogP contribution in [0.3, 0.4) is 0 Å². The largest absolute Gasteiger partial charge is 0.515 e. The van der Waals surface area contributed by atoms with Gasteiger partial charge in [-0.2, -0.15) is 0 Å². The molecule has 0 radical (unpaired) electrons. The monoisotopic (exact) mass is 321 g/mol. The summed E-state index contributed by atoms with van der Waals surface area (Å²) in [6.07, 6.45) is 0. The molecule has 0 saturated carbocycles. The van der Waals surface area contributed by atoms with Crippen LogP contribution in [0, 0.1) is 0 Å². The maximum atomic E-state index is 6.03. The number of thiazole rings is 1. The molecule has 1 aliphatic heterocycles. The summed E-state index contributed by atoms with van der Waals surface area (Å²) in [5.74, 6) is 0. The normalized spacial score (nSPS) is 20.0. The number of halogens is 1. The fraction of sp³-hybridized carbons (Fsp3) is 0.400. The Morgan fingerprint density at radius 3 is 2.43 bits per heavy atom. The first-order chi connectivity index (χ1) is 9.78. The zero-order valence-corrected chi connectivity index (χ0v) is 14.1. The van der Waals surface area contributed by atoms with E-state index < -0.39 is 7.12 Å². The summed E-state index contributed by atoms with van der Waals surface area (Å²) in [6.45, 7) is 8.16. The van der Waals surface area contributed by atoms with Crippen LogP contribution in [-0.2, 0) is 9.31 Å². The Labute approximate surface area is 134 Å². The first-order valence-corrected chi connectivity index (χ1v) is 8.11. The van der Waals surface area contributed by atoms with E-state index in [1.165, 1.54) is 0 Å². The van der Waals surface area contributed by atoms with E-state index >= 15 is 0 Å². The molecule has 1 fully saturated rings. The minimum atomic E-state index is -0.417. The SMILES string of the molecule is CC1(C)OB(c2csc(-c3cccc(Cl)c3)n2)OC1(C)C. The van der Waals surface area contributed by atoms with Crippen LogP contribution in [0.25, 0.3) is 10.6 Å². The quantitative estimate of drug-likeness (QED) is 0.789. The standard InChI is InChI=1S/C15H17BClNO2S/c1-14(2)15(3,4)20-16(19-14)12-9-21-13(18-12)10-6-5-7-11(17)8-10/h5-9H,1-4H3. The van der Waals surface area contributed by atoms with E-state index in [4.69, 9.17) is 20.9 Å². The average Bonchev–Trinajstić information content (AvgIpc) is 2.93. The lowest BCUT2D eigenvalue weighted by Crippen LogP contribution is -2.41. The van der Waals surface area contributed by atoms with Crippen molar-refractivity contribution in [1.82, 2.24) is 4.98 Å². The van der Waals surface area contributed by atoms with Gasteiger partial charge in [-0.05, 0) is 39.8 Å². The number of aromatic nitrogens is 1. The van der Waals surface area contributed by atoms with Gasteiger partial charge >= 0.3 is 7.12 Å². The molecule has 0 unspecified atom stereocenters. The molecule has 0 N–H and O–H groups in total. The summed E-state index contributed by atoms with van der Waals surface area (Å²) in [7, 11) is -0.417. The highest BCUT2D eigenvalue weighted by atomic mass is 35.5. The zero-order valence-electron chi connectivity index (χ0n) is 12.5. The Morgan fingerprint density at radius 1 is 1.14 bits per heavy atom. The second-order valence-corrected chi connectivity index (χ2v) is 7.47. The van der Waals surface area contributed by atoms with E-state index in [-0.39, 0.29) is 11.2 Å². The second-order valence-electron chi connectivity index (χ2n) is 6.18. The predicted octanol–water partition coefficient (Wildman–Crippen LogP) is 3.76. The average molecular weight is 322 g/mol. The van der Waals surface area contributed by atoms with Gasteiger partial charge in [0.1, 0.15) is 5.01 Å². The maximum Gasteiger partial charge on any atom is 0.515 e. The molecule has 0 spiro atoms. The van der Waals surface area contributed by atoms with Crippen molar-refractivity contribution in [2.75, 3.05) is 0 Å². The molecule has 0 amide bonds. The molecule has 110 valence electrons. The minimum absolute atomic E-state index is 0.350. The molecule has 1 aliphatic rings. The maximum absolute atomic E-state index is 6.03. The van der Waals surface area contributed by atoms with E-state index in [1.807, 2.05) is 57.3 Å². The van der Waals surface area contributed by atoms with E-state index in [0.717, 1.165) is 16.2 Å². The molecule has 0 bridgehead atoms. The molecule has 0 aliphatic carbocycles. The van der Waals surface area contributed by atoms with E-state index in [2.05, 4.69) is 4.98 Å². The van der Waals surface area contributed by atoms with Crippen molar-refractivity contribution in [3.8, 4) is 10.6 Å². The Bertz CT molecular complexity index is 655. The molecule has 3 nitrogen and oxygen atoms in total. The molecule has 6 heteroatoms. The van der Waals surface area contributed by atoms with Crippen LogP contribution in [0.15, 0.2) is 29.6 Å². The first-order valence-electron chi connectivity index (χ1n) is 6.85. The summed E-state index contributed by atoms with van der Waals surface area (Å²) in [5.41, 5.74) is 1.12. The number of hydrogen-bond donors (Lipinski definition) is 0. The van der Waals surface area contributed by atoms with Gasteiger partial charge < -0.3 is 9.31 Å². The Morgan fingerprint density at radius 2 is 1.81 bits per heavy atom. The molecule has 1 aromatic carbocycles. The summed E-state index contributed by atoms with van der Waals surface area (Å²) < 4.78 is 12.0. The molecule has 2 aromatic rings. The number of benzene rings is 1. The fourth-order valence-corrected chi connectivity index (χ4v) is 3.12. The highest BCUT2D eigenvalue weighted by molar-refractivity contribution is 7.14. The van der Waals surface area contributed by atoms with Gasteiger partial charge in [-0.3, -0.25) is 0 Å². The van der Waals surface area contributed by atoms with Crippen LogP contribution in [0.1, 0.15) is 27.7 Å². The molecule has 0 atom stereocenters. The van der Waals surface area contributed by atoms with Crippen molar-refractivity contribution >= 4 is 35.6 Å². The Kier molecular flexibility index (Phi) is 3.65. The smallest absolute Gasteiger partial charge is 0.398 e. The van der Waals surface area contributed by atoms with Gasteiger partial charge in [-0.15, -0.1) is 11.3 Å². The summed E-state index contributed by atoms with van der Waals surface area (Å²) in [5, 5.41) is 3.61. The molecule has 3 rings (SSSR count). The molecule has 1 aromatic heterocycles. The Hall–Kier alpha value is -0.875. The number of nitrogens with zero attached hydrogens (tertiary/aromatic N) is 1. The summed E-state index contributed by atoms with van der Waals surface area (Å²) in [4.78, 5) is 4.64. The van der Waals surface area contributed by atoms with Gasteiger partial charge in [0.05, 0.1) is 16.8 Å². The van der Waals surface area contributed by atoms with Crippen LogP contribution >= 0.6 is 22.9 Å². The third-order valence-corrected chi connectivity index (χ3v) is 5.23. The zero-order chi connectivity index (χ0) is 15.3. The molecule has 1 saturated heterocycles. The van der Waals surface area contributed by atoms with Crippen molar-refractivity contribution in [2.24, 2.45) is 0 Å². The highest BCUT2D eigenvalue weighted by Crippen LogP contribution is 2.36. The third kappa shape index (κ3) is 2.75. The molecule has 21 heavy (non-hydrogen) atoms. The van der Waals surface area contributed by atoms with Crippen molar-refractivity contribution in [2.45, 2.75) is 38.9 Å². The van der Waals surface area contributed by atoms with Crippen molar-refractivity contribution in [3.05, 3.63) is 34.7 Å². The van der Waals surface area contributed by atoms with Gasteiger partial charge in [0, 0.05) is 16.0 Å². The lowest BCUT2D eigenvalue weighted by molar-refractivity contribution is 0.00578. The topological polar surface area (TPSA) is 31.4 Å². The third-order valence-electron chi connectivity index (χ3n) is 4.09.